The van der Waals surface area contributed by atoms with E-state index in [1.165, 1.54) is 6.20 Å². The van der Waals surface area contributed by atoms with Crippen molar-refractivity contribution < 1.29 is 9.18 Å². The van der Waals surface area contributed by atoms with Gasteiger partial charge in [-0.15, -0.1) is 0 Å². The van der Waals surface area contributed by atoms with Crippen LogP contribution in [-0.2, 0) is 0 Å². The summed E-state index contributed by atoms with van der Waals surface area (Å²) in [6.45, 7) is 6.89. The van der Waals surface area contributed by atoms with Gasteiger partial charge in [0.1, 0.15) is 11.5 Å². The molecule has 0 bridgehead atoms. The van der Waals surface area contributed by atoms with Crippen LogP contribution < -0.4 is 5.32 Å². The number of fused-ring (bicyclic) bond motifs is 1. The molecule has 0 saturated carbocycles. The van der Waals surface area contributed by atoms with E-state index in [0.29, 0.717) is 35.6 Å². The first-order valence-corrected chi connectivity index (χ1v) is 11.4. The summed E-state index contributed by atoms with van der Waals surface area (Å²) in [6.07, 6.45) is 2.64. The van der Waals surface area contributed by atoms with Gasteiger partial charge in [-0.3, -0.25) is 4.79 Å². The minimum atomic E-state index is -0.548. The second-order valence-corrected chi connectivity index (χ2v) is 8.64. The van der Waals surface area contributed by atoms with Crippen molar-refractivity contribution in [1.29, 1.82) is 0 Å². The fourth-order valence-electron chi connectivity index (χ4n) is 3.91. The Balaban J connectivity index is 1.35. The second-order valence-electron chi connectivity index (χ2n) is 8.64. The molecule has 4 heterocycles. The third-order valence-electron chi connectivity index (χ3n) is 6.13. The third-order valence-corrected chi connectivity index (χ3v) is 6.13. The predicted molar refractivity (Wildman–Crippen MR) is 131 cm³/mol. The lowest BCUT2D eigenvalue weighted by molar-refractivity contribution is 0.0663. The number of pyridine rings is 1. The van der Waals surface area contributed by atoms with Gasteiger partial charge in [0.25, 0.3) is 5.91 Å². The van der Waals surface area contributed by atoms with Crippen molar-refractivity contribution in [3.8, 4) is 11.3 Å². The molecule has 35 heavy (non-hydrogen) atoms. The maximum absolute atomic E-state index is 14.6. The zero-order chi connectivity index (χ0) is 24.5. The summed E-state index contributed by atoms with van der Waals surface area (Å²) in [4.78, 5) is 38.5. The lowest BCUT2D eigenvalue weighted by Gasteiger charge is -2.32. The number of aryl methyl sites for hydroxylation is 2. The van der Waals surface area contributed by atoms with Gasteiger partial charge in [-0.1, -0.05) is 6.07 Å². The summed E-state index contributed by atoms with van der Waals surface area (Å²) in [5.74, 6) is 0.0568. The number of rotatable bonds is 4. The summed E-state index contributed by atoms with van der Waals surface area (Å²) >= 11 is 0. The van der Waals surface area contributed by atoms with E-state index < -0.39 is 5.82 Å². The van der Waals surface area contributed by atoms with E-state index in [-0.39, 0.29) is 17.5 Å². The molecule has 10 heteroatoms. The Morgan fingerprint density at radius 2 is 1.66 bits per heavy atom. The fraction of sp³-hybridized carbons (Fsp3) is 0.280. The molecular formula is C25H25FN8O. The topological polar surface area (TPSA) is 100 Å². The number of carbonyl (C=O) groups excluding carboxylic acids is 1. The molecule has 1 saturated heterocycles. The number of nitrogens with one attached hydrogen (secondary N) is 1. The molecule has 1 N–H and O–H groups in total. The molecule has 4 aromatic rings. The summed E-state index contributed by atoms with van der Waals surface area (Å²) in [5.41, 5.74) is 4.31. The van der Waals surface area contributed by atoms with Gasteiger partial charge in [0.15, 0.2) is 5.82 Å². The molecule has 5 rings (SSSR count). The highest BCUT2D eigenvalue weighted by molar-refractivity contribution is 5.94. The zero-order valence-electron chi connectivity index (χ0n) is 19.8. The largest absolute Gasteiger partial charge is 0.336 e. The highest BCUT2D eigenvalue weighted by atomic mass is 19.1. The number of anilines is 2. The number of hydrogen-bond donors (Lipinski definition) is 1. The Kier molecular flexibility index (Phi) is 6.04. The monoisotopic (exact) mass is 472 g/mol. The third kappa shape index (κ3) is 4.78. The van der Waals surface area contributed by atoms with Crippen LogP contribution in [0.2, 0.25) is 0 Å². The van der Waals surface area contributed by atoms with Crippen LogP contribution in [0, 0.1) is 19.7 Å². The fourth-order valence-corrected chi connectivity index (χ4v) is 3.91. The Labute approximate surface area is 202 Å². The van der Waals surface area contributed by atoms with Crippen LogP contribution >= 0.6 is 0 Å². The number of benzene rings is 1. The van der Waals surface area contributed by atoms with E-state index in [9.17, 15) is 9.18 Å². The van der Waals surface area contributed by atoms with Gasteiger partial charge < -0.3 is 15.1 Å². The van der Waals surface area contributed by atoms with Crippen molar-refractivity contribution >= 4 is 28.7 Å². The van der Waals surface area contributed by atoms with Crippen LogP contribution in [0.3, 0.4) is 0 Å². The maximum atomic E-state index is 14.6. The smallest absolute Gasteiger partial charge is 0.255 e. The number of nitrogens with zero attached hydrogens (tertiary/aromatic N) is 7. The summed E-state index contributed by atoms with van der Waals surface area (Å²) in [7, 11) is 2.04. The van der Waals surface area contributed by atoms with E-state index in [1.807, 2.05) is 25.8 Å². The van der Waals surface area contributed by atoms with Gasteiger partial charge >= 0.3 is 0 Å². The van der Waals surface area contributed by atoms with E-state index in [1.54, 1.807) is 30.3 Å². The van der Waals surface area contributed by atoms with E-state index in [4.69, 9.17) is 0 Å². The molecule has 0 atom stereocenters. The Hall–Kier alpha value is -4.05. The lowest BCUT2D eigenvalue weighted by atomic mass is 10.1. The first kappa shape index (κ1) is 22.7. The molecular weight excluding hydrogens is 447 g/mol. The van der Waals surface area contributed by atoms with Crippen molar-refractivity contribution in [1.82, 2.24) is 34.7 Å². The van der Waals surface area contributed by atoms with Crippen LogP contribution in [-0.4, -0.2) is 73.9 Å². The zero-order valence-corrected chi connectivity index (χ0v) is 19.8. The number of likely N-dealkylation sites (N-methyl/N-ethyl adjacent to an activating group) is 1. The number of carbonyl (C=O) groups is 1. The van der Waals surface area contributed by atoms with Crippen LogP contribution in [0.1, 0.15) is 21.7 Å². The number of halogens is 1. The normalized spacial score (nSPS) is 14.3. The van der Waals surface area contributed by atoms with E-state index in [2.05, 4.69) is 35.1 Å². The SMILES string of the molecule is Cc1nc2ccc(-c3nc(Nc4ccc(C(=O)N5CCN(C)CC5)cn4)ncc3F)cc2nc1C. The minimum Gasteiger partial charge on any atom is -0.336 e. The van der Waals surface area contributed by atoms with Gasteiger partial charge in [0.05, 0.1) is 34.2 Å². The predicted octanol–water partition coefficient (Wildman–Crippen LogP) is 3.37. The van der Waals surface area contributed by atoms with Gasteiger partial charge in [0, 0.05) is 37.9 Å². The highest BCUT2D eigenvalue weighted by Gasteiger charge is 2.20. The molecule has 1 fully saturated rings. The van der Waals surface area contributed by atoms with Crippen molar-refractivity contribution in [3.05, 3.63) is 65.5 Å². The number of piperazine rings is 1. The van der Waals surface area contributed by atoms with Crippen molar-refractivity contribution in [3.63, 3.8) is 0 Å². The molecule has 0 radical (unpaired) electrons. The molecule has 0 unspecified atom stereocenters. The Bertz CT molecular complexity index is 1400. The van der Waals surface area contributed by atoms with Crippen molar-refractivity contribution in [2.45, 2.75) is 13.8 Å². The summed E-state index contributed by atoms with van der Waals surface area (Å²) in [5, 5.41) is 2.99. The van der Waals surface area contributed by atoms with E-state index in [0.717, 1.165) is 36.2 Å². The molecule has 9 nitrogen and oxygen atoms in total. The molecule has 1 amide bonds. The van der Waals surface area contributed by atoms with Crippen LogP contribution in [0.5, 0.6) is 0 Å². The first-order chi connectivity index (χ1) is 16.9. The molecule has 1 aliphatic rings. The molecule has 3 aromatic heterocycles. The molecule has 1 aliphatic heterocycles. The van der Waals surface area contributed by atoms with Gasteiger partial charge in [-0.2, -0.15) is 0 Å². The van der Waals surface area contributed by atoms with Crippen LogP contribution in [0.15, 0.2) is 42.7 Å². The quantitative estimate of drug-likeness (QED) is 0.483. The molecule has 1 aromatic carbocycles. The second kappa shape index (κ2) is 9.30. The number of aromatic nitrogens is 5. The molecule has 0 aliphatic carbocycles. The van der Waals surface area contributed by atoms with Gasteiger partial charge in [0.2, 0.25) is 5.95 Å². The summed E-state index contributed by atoms with van der Waals surface area (Å²) in [6, 6.07) is 8.73. The van der Waals surface area contributed by atoms with Crippen molar-refractivity contribution in [2.75, 3.05) is 38.5 Å². The Morgan fingerprint density at radius 3 is 2.37 bits per heavy atom. The Morgan fingerprint density at radius 1 is 0.914 bits per heavy atom. The highest BCUT2D eigenvalue weighted by Crippen LogP contribution is 2.25. The standard InChI is InChI=1S/C25H25FN8O/c1-15-16(2)30-21-12-17(4-6-20(21)29-15)23-19(26)14-28-25(32-23)31-22-7-5-18(13-27-22)24(35)34-10-8-33(3)9-11-34/h4-7,12-14H,8-11H2,1-3H3,(H,27,28,31,32). The van der Waals surface area contributed by atoms with Crippen LogP contribution in [0.25, 0.3) is 22.3 Å². The van der Waals surface area contributed by atoms with Gasteiger partial charge in [-0.05, 0) is 45.2 Å². The number of hydrogen-bond acceptors (Lipinski definition) is 8. The maximum Gasteiger partial charge on any atom is 0.255 e. The van der Waals surface area contributed by atoms with Crippen molar-refractivity contribution in [2.24, 2.45) is 0 Å². The minimum absolute atomic E-state index is 0.0395. The average molecular weight is 473 g/mol. The first-order valence-electron chi connectivity index (χ1n) is 11.4. The number of amides is 1. The van der Waals surface area contributed by atoms with Gasteiger partial charge in [-0.25, -0.2) is 29.3 Å². The average Bonchev–Trinajstić information content (AvgIpc) is 2.86. The summed E-state index contributed by atoms with van der Waals surface area (Å²) < 4.78 is 14.6. The lowest BCUT2D eigenvalue weighted by Crippen LogP contribution is -2.47. The van der Waals surface area contributed by atoms with E-state index >= 15 is 0 Å². The molecule has 0 spiro atoms. The van der Waals surface area contributed by atoms with Crippen LogP contribution in [0.4, 0.5) is 16.2 Å². The molecule has 178 valence electrons.